The number of alkyl halides is 2. The molecule has 24 heavy (non-hydrogen) atoms. The lowest BCUT2D eigenvalue weighted by molar-refractivity contribution is -0.122. The standard InChI is InChI=1S/C16H14F2N2O4/c17-16(18)5-9(6-16)7-22-15(21)12-4-11(19-20-12)10-1-2-13-14(3-10)24-8-23-13/h1-4,9H,5-8H2,(H,19,20). The van der Waals surface area contributed by atoms with Crippen LogP contribution in [-0.2, 0) is 4.74 Å². The van der Waals surface area contributed by atoms with Gasteiger partial charge in [0, 0.05) is 24.3 Å². The Balaban J connectivity index is 1.40. The summed E-state index contributed by atoms with van der Waals surface area (Å²) in [5.74, 6) is -2.22. The Morgan fingerprint density at radius 1 is 1.29 bits per heavy atom. The molecule has 2 heterocycles. The fraction of sp³-hybridized carbons (Fsp3) is 0.375. The number of rotatable bonds is 4. The summed E-state index contributed by atoms with van der Waals surface area (Å²) in [6, 6.07) is 6.88. The van der Waals surface area contributed by atoms with Crippen LogP contribution in [0.5, 0.6) is 11.5 Å². The van der Waals surface area contributed by atoms with E-state index < -0.39 is 11.9 Å². The first-order valence-corrected chi connectivity index (χ1v) is 7.50. The average molecular weight is 336 g/mol. The van der Waals surface area contributed by atoms with Crippen LogP contribution in [0.3, 0.4) is 0 Å². The third-order valence-electron chi connectivity index (χ3n) is 4.09. The highest BCUT2D eigenvalue weighted by atomic mass is 19.3. The number of aromatic nitrogens is 2. The summed E-state index contributed by atoms with van der Waals surface area (Å²) in [5, 5.41) is 6.68. The summed E-state index contributed by atoms with van der Waals surface area (Å²) in [5.41, 5.74) is 1.48. The summed E-state index contributed by atoms with van der Waals surface area (Å²) in [6.07, 6.45) is -0.461. The van der Waals surface area contributed by atoms with Crippen LogP contribution in [-0.4, -0.2) is 35.5 Å². The predicted octanol–water partition coefficient (Wildman–Crippen LogP) is 3.01. The molecule has 0 unspecified atom stereocenters. The quantitative estimate of drug-likeness (QED) is 0.869. The Bertz CT molecular complexity index is 782. The zero-order chi connectivity index (χ0) is 16.7. The molecular formula is C16H14F2N2O4. The van der Waals surface area contributed by atoms with Crippen molar-refractivity contribution in [2.75, 3.05) is 13.4 Å². The van der Waals surface area contributed by atoms with Gasteiger partial charge < -0.3 is 14.2 Å². The van der Waals surface area contributed by atoms with Gasteiger partial charge >= 0.3 is 5.97 Å². The molecule has 8 heteroatoms. The number of carbonyl (C=O) groups excluding carboxylic acids is 1. The first-order chi connectivity index (χ1) is 11.5. The molecule has 0 amide bonds. The first kappa shape index (κ1) is 14.9. The van der Waals surface area contributed by atoms with Gasteiger partial charge in [0.15, 0.2) is 11.5 Å². The summed E-state index contributed by atoms with van der Waals surface area (Å²) in [4.78, 5) is 12.0. The molecule has 0 spiro atoms. The van der Waals surface area contributed by atoms with Crippen molar-refractivity contribution in [2.45, 2.75) is 18.8 Å². The first-order valence-electron chi connectivity index (χ1n) is 7.50. The van der Waals surface area contributed by atoms with Crippen molar-refractivity contribution >= 4 is 5.97 Å². The number of hydrogen-bond acceptors (Lipinski definition) is 5. The van der Waals surface area contributed by atoms with Crippen LogP contribution in [0.15, 0.2) is 24.3 Å². The Hall–Kier alpha value is -2.64. The predicted molar refractivity (Wildman–Crippen MR) is 78.1 cm³/mol. The van der Waals surface area contributed by atoms with E-state index in [0.29, 0.717) is 17.2 Å². The molecule has 2 aromatic rings. The Morgan fingerprint density at radius 3 is 2.88 bits per heavy atom. The molecule has 126 valence electrons. The number of nitrogens with one attached hydrogen (secondary N) is 1. The van der Waals surface area contributed by atoms with Crippen LogP contribution in [0.1, 0.15) is 23.3 Å². The van der Waals surface area contributed by atoms with Gasteiger partial charge in [0.1, 0.15) is 5.69 Å². The van der Waals surface area contributed by atoms with Crippen molar-refractivity contribution in [1.82, 2.24) is 10.2 Å². The van der Waals surface area contributed by atoms with Crippen molar-refractivity contribution in [3.63, 3.8) is 0 Å². The second-order valence-corrected chi connectivity index (χ2v) is 5.96. The Labute approximate surface area is 135 Å². The molecule has 2 aliphatic rings. The molecule has 6 nitrogen and oxygen atoms in total. The summed E-state index contributed by atoms with van der Waals surface area (Å²) >= 11 is 0. The molecule has 1 saturated carbocycles. The molecule has 0 bridgehead atoms. The number of ether oxygens (including phenoxy) is 3. The smallest absolute Gasteiger partial charge is 0.356 e. The van der Waals surface area contributed by atoms with Gasteiger partial charge in [-0.25, -0.2) is 13.6 Å². The minimum atomic E-state index is -2.61. The molecule has 4 rings (SSSR count). The number of halogens is 2. The fourth-order valence-electron chi connectivity index (χ4n) is 2.80. The number of H-pyrrole nitrogens is 1. The van der Waals surface area contributed by atoms with E-state index in [4.69, 9.17) is 14.2 Å². The Morgan fingerprint density at radius 2 is 2.08 bits per heavy atom. The number of esters is 1. The van der Waals surface area contributed by atoms with E-state index in [1.807, 2.05) is 0 Å². The summed E-state index contributed by atoms with van der Waals surface area (Å²) in [7, 11) is 0. The molecule has 0 saturated heterocycles. The second-order valence-electron chi connectivity index (χ2n) is 5.96. The normalized spacial score (nSPS) is 18.2. The highest BCUT2D eigenvalue weighted by molar-refractivity contribution is 5.88. The van der Waals surface area contributed by atoms with E-state index in [1.54, 1.807) is 24.3 Å². The number of benzene rings is 1. The van der Waals surface area contributed by atoms with Crippen LogP contribution < -0.4 is 9.47 Å². The van der Waals surface area contributed by atoms with Crippen molar-refractivity contribution in [1.29, 1.82) is 0 Å². The van der Waals surface area contributed by atoms with Gasteiger partial charge in [0.05, 0.1) is 12.3 Å². The molecule has 1 aromatic heterocycles. The van der Waals surface area contributed by atoms with E-state index in [-0.39, 0.29) is 37.9 Å². The molecule has 1 aromatic carbocycles. The van der Waals surface area contributed by atoms with Crippen molar-refractivity contribution in [3.05, 3.63) is 30.0 Å². The van der Waals surface area contributed by atoms with Crippen LogP contribution in [0.2, 0.25) is 0 Å². The summed E-state index contributed by atoms with van der Waals surface area (Å²) < 4.78 is 41.1. The monoisotopic (exact) mass is 336 g/mol. The van der Waals surface area contributed by atoms with Crippen molar-refractivity contribution in [2.24, 2.45) is 5.92 Å². The van der Waals surface area contributed by atoms with Gasteiger partial charge in [-0.1, -0.05) is 0 Å². The van der Waals surface area contributed by atoms with E-state index in [9.17, 15) is 13.6 Å². The van der Waals surface area contributed by atoms with E-state index >= 15 is 0 Å². The Kier molecular flexibility index (Phi) is 3.40. The summed E-state index contributed by atoms with van der Waals surface area (Å²) in [6.45, 7) is 0.171. The number of fused-ring (bicyclic) bond motifs is 1. The SMILES string of the molecule is O=C(OCC1CC(F)(F)C1)c1cc(-c2ccc3c(c2)OCO3)n[nH]1. The number of hydrogen-bond donors (Lipinski definition) is 1. The fourth-order valence-corrected chi connectivity index (χ4v) is 2.80. The molecule has 1 aliphatic heterocycles. The van der Waals surface area contributed by atoms with Gasteiger partial charge in [-0.15, -0.1) is 0 Å². The van der Waals surface area contributed by atoms with Crippen LogP contribution in [0.4, 0.5) is 8.78 Å². The molecule has 1 N–H and O–H groups in total. The van der Waals surface area contributed by atoms with Crippen molar-refractivity contribution in [3.8, 4) is 22.8 Å². The van der Waals surface area contributed by atoms with Gasteiger partial charge in [0.25, 0.3) is 0 Å². The van der Waals surface area contributed by atoms with Crippen LogP contribution in [0, 0.1) is 5.92 Å². The molecule has 1 fully saturated rings. The number of aromatic amines is 1. The number of carbonyl (C=O) groups is 1. The maximum atomic E-state index is 12.7. The van der Waals surface area contributed by atoms with E-state index in [0.717, 1.165) is 5.56 Å². The van der Waals surface area contributed by atoms with E-state index in [1.165, 1.54) is 0 Å². The topological polar surface area (TPSA) is 73.4 Å². The molecular weight excluding hydrogens is 322 g/mol. The highest BCUT2D eigenvalue weighted by Crippen LogP contribution is 2.42. The van der Waals surface area contributed by atoms with Crippen LogP contribution >= 0.6 is 0 Å². The lowest BCUT2D eigenvalue weighted by Crippen LogP contribution is -2.38. The van der Waals surface area contributed by atoms with Gasteiger partial charge in [0.2, 0.25) is 12.7 Å². The maximum Gasteiger partial charge on any atom is 0.356 e. The largest absolute Gasteiger partial charge is 0.461 e. The minimum absolute atomic E-state index is 0.00714. The average Bonchev–Trinajstić information content (AvgIpc) is 3.18. The zero-order valence-corrected chi connectivity index (χ0v) is 12.6. The maximum absolute atomic E-state index is 12.7. The van der Waals surface area contributed by atoms with Crippen molar-refractivity contribution < 1.29 is 27.8 Å². The van der Waals surface area contributed by atoms with E-state index in [2.05, 4.69) is 10.2 Å². The molecule has 0 atom stereocenters. The zero-order valence-electron chi connectivity index (χ0n) is 12.6. The van der Waals surface area contributed by atoms with Gasteiger partial charge in [-0.3, -0.25) is 5.10 Å². The highest BCUT2D eigenvalue weighted by Gasteiger charge is 2.45. The third-order valence-corrected chi connectivity index (χ3v) is 4.09. The third kappa shape index (κ3) is 2.79. The van der Waals surface area contributed by atoms with Gasteiger partial charge in [-0.05, 0) is 24.3 Å². The lowest BCUT2D eigenvalue weighted by atomic mass is 9.82. The molecule has 0 radical (unpaired) electrons. The van der Waals surface area contributed by atoms with Crippen LogP contribution in [0.25, 0.3) is 11.3 Å². The minimum Gasteiger partial charge on any atom is -0.461 e. The second kappa shape index (κ2) is 5.47. The lowest BCUT2D eigenvalue weighted by Gasteiger charge is -2.34. The van der Waals surface area contributed by atoms with Gasteiger partial charge in [-0.2, -0.15) is 5.10 Å². The number of nitrogens with zero attached hydrogens (tertiary/aromatic N) is 1. The molecule has 1 aliphatic carbocycles.